The third-order valence-electron chi connectivity index (χ3n) is 4.38. The molecule has 0 aliphatic heterocycles. The van der Waals surface area contributed by atoms with Crippen molar-refractivity contribution in [1.82, 2.24) is 19.7 Å². The highest BCUT2D eigenvalue weighted by Gasteiger charge is 2.24. The summed E-state index contributed by atoms with van der Waals surface area (Å²) in [6.45, 7) is 3.94. The monoisotopic (exact) mass is 350 g/mol. The Bertz CT molecular complexity index is 741. The summed E-state index contributed by atoms with van der Waals surface area (Å²) in [5.74, 6) is 1.02. The van der Waals surface area contributed by atoms with E-state index in [0.717, 1.165) is 35.5 Å². The van der Waals surface area contributed by atoms with Crippen LogP contribution in [0.4, 0.5) is 0 Å². The average Bonchev–Trinajstić information content (AvgIpc) is 3.03. The van der Waals surface area contributed by atoms with Gasteiger partial charge < -0.3 is 4.98 Å². The summed E-state index contributed by atoms with van der Waals surface area (Å²) in [7, 11) is 1.90. The number of nitrogens with one attached hydrogen (secondary N) is 1. The first-order chi connectivity index (χ1) is 9.99. The summed E-state index contributed by atoms with van der Waals surface area (Å²) in [5, 5.41) is 4.41. The van der Waals surface area contributed by atoms with Crippen LogP contribution in [0, 0.1) is 13.8 Å². The maximum absolute atomic E-state index is 12.3. The molecule has 0 saturated heterocycles. The normalized spacial score (nSPS) is 15.8. The molecular formula is C15H19BrN4O. The van der Waals surface area contributed by atoms with E-state index in [4.69, 9.17) is 4.98 Å². The van der Waals surface area contributed by atoms with Crippen LogP contribution in [0.15, 0.2) is 9.27 Å². The van der Waals surface area contributed by atoms with Crippen molar-refractivity contribution >= 4 is 15.9 Å². The molecule has 1 saturated carbocycles. The largest absolute Gasteiger partial charge is 0.305 e. The zero-order valence-corrected chi connectivity index (χ0v) is 14.1. The van der Waals surface area contributed by atoms with Crippen molar-refractivity contribution in [1.29, 1.82) is 0 Å². The van der Waals surface area contributed by atoms with Gasteiger partial charge in [0.1, 0.15) is 10.3 Å². The van der Waals surface area contributed by atoms with Crippen molar-refractivity contribution in [2.24, 2.45) is 7.05 Å². The van der Waals surface area contributed by atoms with Crippen LogP contribution in [0.3, 0.4) is 0 Å². The van der Waals surface area contributed by atoms with Crippen LogP contribution in [0.25, 0.3) is 11.4 Å². The van der Waals surface area contributed by atoms with Crippen molar-refractivity contribution < 1.29 is 0 Å². The molecule has 5 nitrogen and oxygen atoms in total. The van der Waals surface area contributed by atoms with E-state index in [1.807, 2.05) is 25.6 Å². The first kappa shape index (κ1) is 14.5. The second-order valence-corrected chi connectivity index (χ2v) is 6.56. The number of hydrogen-bond donors (Lipinski definition) is 1. The first-order valence-electron chi connectivity index (χ1n) is 7.29. The fourth-order valence-electron chi connectivity index (χ4n) is 3.18. The van der Waals surface area contributed by atoms with E-state index in [1.165, 1.54) is 12.8 Å². The molecule has 2 heterocycles. The van der Waals surface area contributed by atoms with Crippen LogP contribution in [-0.4, -0.2) is 19.7 Å². The molecule has 21 heavy (non-hydrogen) atoms. The lowest BCUT2D eigenvalue weighted by Crippen LogP contribution is -2.15. The zero-order chi connectivity index (χ0) is 15.1. The Hall–Kier alpha value is -1.43. The van der Waals surface area contributed by atoms with Crippen molar-refractivity contribution in [2.75, 3.05) is 0 Å². The SMILES string of the molecule is Cc1nn(C)c(C)c1-c1nc(C2CCCC2)c(Br)c(=O)[nH]1. The Kier molecular flexibility index (Phi) is 3.73. The summed E-state index contributed by atoms with van der Waals surface area (Å²) < 4.78 is 2.40. The van der Waals surface area contributed by atoms with Gasteiger partial charge in [-0.3, -0.25) is 9.48 Å². The molecule has 0 spiro atoms. The van der Waals surface area contributed by atoms with E-state index in [9.17, 15) is 4.79 Å². The second kappa shape index (κ2) is 5.40. The maximum Gasteiger partial charge on any atom is 0.265 e. The number of rotatable bonds is 2. The molecule has 0 unspecified atom stereocenters. The summed E-state index contributed by atoms with van der Waals surface area (Å²) in [4.78, 5) is 19.9. The number of aromatic amines is 1. The first-order valence-corrected chi connectivity index (χ1v) is 8.08. The highest BCUT2D eigenvalue weighted by molar-refractivity contribution is 9.10. The van der Waals surface area contributed by atoms with Crippen molar-refractivity contribution in [3.8, 4) is 11.4 Å². The summed E-state index contributed by atoms with van der Waals surface area (Å²) in [5.41, 5.74) is 3.62. The van der Waals surface area contributed by atoms with Crippen LogP contribution in [0.5, 0.6) is 0 Å². The zero-order valence-electron chi connectivity index (χ0n) is 12.5. The minimum atomic E-state index is -0.107. The van der Waals surface area contributed by atoms with Gasteiger partial charge in [-0.25, -0.2) is 4.98 Å². The van der Waals surface area contributed by atoms with Gasteiger partial charge in [0, 0.05) is 18.7 Å². The van der Waals surface area contributed by atoms with Crippen LogP contribution < -0.4 is 5.56 Å². The van der Waals surface area contributed by atoms with E-state index in [1.54, 1.807) is 0 Å². The van der Waals surface area contributed by atoms with Gasteiger partial charge in [0.15, 0.2) is 0 Å². The minimum absolute atomic E-state index is 0.107. The van der Waals surface area contributed by atoms with Crippen molar-refractivity contribution in [3.63, 3.8) is 0 Å². The molecular weight excluding hydrogens is 332 g/mol. The van der Waals surface area contributed by atoms with Gasteiger partial charge in [-0.15, -0.1) is 0 Å². The fraction of sp³-hybridized carbons (Fsp3) is 0.533. The summed E-state index contributed by atoms with van der Waals surface area (Å²) >= 11 is 3.41. The number of aryl methyl sites for hydroxylation is 2. The quantitative estimate of drug-likeness (QED) is 0.904. The topological polar surface area (TPSA) is 63.6 Å². The summed E-state index contributed by atoms with van der Waals surface area (Å²) in [6, 6.07) is 0. The highest BCUT2D eigenvalue weighted by atomic mass is 79.9. The molecule has 0 bridgehead atoms. The van der Waals surface area contributed by atoms with Crippen LogP contribution in [0.2, 0.25) is 0 Å². The van der Waals surface area contributed by atoms with Crippen LogP contribution in [-0.2, 0) is 7.05 Å². The lowest BCUT2D eigenvalue weighted by molar-refractivity contribution is 0.688. The van der Waals surface area contributed by atoms with Crippen molar-refractivity contribution in [2.45, 2.75) is 45.4 Å². The van der Waals surface area contributed by atoms with Gasteiger partial charge in [-0.2, -0.15) is 5.10 Å². The summed E-state index contributed by atoms with van der Waals surface area (Å²) in [6.07, 6.45) is 4.65. The molecule has 0 atom stereocenters. The molecule has 6 heteroatoms. The molecule has 2 aromatic heterocycles. The van der Waals surface area contributed by atoms with Gasteiger partial charge in [0.25, 0.3) is 5.56 Å². The maximum atomic E-state index is 12.3. The van der Waals surface area contributed by atoms with Crippen LogP contribution in [0.1, 0.15) is 48.7 Å². The van der Waals surface area contributed by atoms with Gasteiger partial charge >= 0.3 is 0 Å². The molecule has 1 aliphatic rings. The third kappa shape index (κ3) is 2.46. The Morgan fingerprint density at radius 2 is 1.95 bits per heavy atom. The van der Waals surface area contributed by atoms with Crippen LogP contribution >= 0.6 is 15.9 Å². The van der Waals surface area contributed by atoms with Gasteiger partial charge in [0.2, 0.25) is 0 Å². The Balaban J connectivity index is 2.18. The number of aromatic nitrogens is 4. The smallest absolute Gasteiger partial charge is 0.265 e. The van der Waals surface area contributed by atoms with Gasteiger partial charge in [-0.05, 0) is 42.6 Å². The molecule has 1 aliphatic carbocycles. The number of hydrogen-bond acceptors (Lipinski definition) is 3. The van der Waals surface area contributed by atoms with Gasteiger partial charge in [0.05, 0.1) is 17.0 Å². The van der Waals surface area contributed by atoms with Gasteiger partial charge in [-0.1, -0.05) is 12.8 Å². The predicted octanol–water partition coefficient (Wildman–Crippen LogP) is 3.21. The standard InChI is InChI=1S/C15H19BrN4O/c1-8-11(9(2)20(3)19-8)14-17-13(10-6-4-5-7-10)12(16)15(21)18-14/h10H,4-7H2,1-3H3,(H,17,18,21). The fourth-order valence-corrected chi connectivity index (χ4v) is 3.69. The van der Waals surface area contributed by atoms with E-state index < -0.39 is 0 Å². The number of H-pyrrole nitrogens is 1. The molecule has 0 aromatic carbocycles. The molecule has 1 fully saturated rings. The number of nitrogens with zero attached hydrogens (tertiary/aromatic N) is 3. The second-order valence-electron chi connectivity index (χ2n) is 5.76. The highest BCUT2D eigenvalue weighted by Crippen LogP contribution is 2.36. The molecule has 2 aromatic rings. The third-order valence-corrected chi connectivity index (χ3v) is 5.14. The molecule has 0 radical (unpaired) electrons. The lowest BCUT2D eigenvalue weighted by atomic mass is 10.0. The Labute approximate surface area is 131 Å². The predicted molar refractivity (Wildman–Crippen MR) is 85.4 cm³/mol. The van der Waals surface area contributed by atoms with Crippen molar-refractivity contribution in [3.05, 3.63) is 31.9 Å². The average molecular weight is 351 g/mol. The Morgan fingerprint density at radius 3 is 2.52 bits per heavy atom. The lowest BCUT2D eigenvalue weighted by Gasteiger charge is -2.12. The molecule has 0 amide bonds. The minimum Gasteiger partial charge on any atom is -0.305 e. The molecule has 1 N–H and O–H groups in total. The number of halogens is 1. The molecule has 3 rings (SSSR count). The van der Waals surface area contributed by atoms with E-state index >= 15 is 0 Å². The molecule has 112 valence electrons. The van der Waals surface area contributed by atoms with E-state index in [0.29, 0.717) is 16.2 Å². The van der Waals surface area contributed by atoms with E-state index in [-0.39, 0.29) is 5.56 Å². The van der Waals surface area contributed by atoms with E-state index in [2.05, 4.69) is 26.0 Å². The Morgan fingerprint density at radius 1 is 1.29 bits per heavy atom.